The number of rotatable bonds is 6. The molecule has 2 heterocycles. The summed E-state index contributed by atoms with van der Waals surface area (Å²) in [5.41, 5.74) is 1.51. The summed E-state index contributed by atoms with van der Waals surface area (Å²) in [6, 6.07) is 8.64. The lowest BCUT2D eigenvalue weighted by atomic mass is 9.96. The molecule has 3 rings (SSSR count). The Balaban J connectivity index is 1.42. The number of nitrogens with zero attached hydrogens (tertiary/aromatic N) is 2. The number of amides is 1. The largest absolute Gasteiger partial charge is 0.354 e. The minimum absolute atomic E-state index is 0.111. The van der Waals surface area contributed by atoms with Gasteiger partial charge in [-0.25, -0.2) is 4.79 Å². The number of hydrogen-bond donors (Lipinski definition) is 2. The van der Waals surface area contributed by atoms with Crippen molar-refractivity contribution in [3.63, 3.8) is 0 Å². The van der Waals surface area contributed by atoms with Gasteiger partial charge in [0.05, 0.1) is 4.47 Å². The molecule has 0 atom stereocenters. The number of aromatic amines is 1. The van der Waals surface area contributed by atoms with Gasteiger partial charge in [-0.05, 0) is 60.3 Å². The van der Waals surface area contributed by atoms with E-state index in [4.69, 9.17) is 0 Å². The maximum absolute atomic E-state index is 12.1. The van der Waals surface area contributed by atoms with Gasteiger partial charge in [0.15, 0.2) is 0 Å². The molecule has 1 fully saturated rings. The Hall–Kier alpha value is -2.19. The molecule has 150 valence electrons. The third-order valence-electron chi connectivity index (χ3n) is 5.10. The smallest absolute Gasteiger partial charge is 0.328 e. The molecule has 1 aliphatic rings. The zero-order valence-electron chi connectivity index (χ0n) is 15.9. The van der Waals surface area contributed by atoms with Gasteiger partial charge in [-0.1, -0.05) is 29.8 Å². The number of aryl methyl sites for hydroxylation is 1. The summed E-state index contributed by atoms with van der Waals surface area (Å²) in [4.78, 5) is 39.8. The van der Waals surface area contributed by atoms with Crippen molar-refractivity contribution in [2.24, 2.45) is 5.92 Å². The molecular weight excluding hydrogens is 424 g/mol. The maximum Gasteiger partial charge on any atom is 0.328 e. The number of H-pyrrole nitrogens is 1. The first-order valence-corrected chi connectivity index (χ1v) is 10.2. The van der Waals surface area contributed by atoms with Gasteiger partial charge in [0, 0.05) is 19.3 Å². The summed E-state index contributed by atoms with van der Waals surface area (Å²) in [6.45, 7) is 5.58. The second-order valence-corrected chi connectivity index (χ2v) is 8.23. The number of benzene rings is 1. The Morgan fingerprint density at radius 1 is 1.21 bits per heavy atom. The summed E-state index contributed by atoms with van der Waals surface area (Å²) >= 11 is 3.06. The summed E-state index contributed by atoms with van der Waals surface area (Å²) in [5, 5.41) is 2.91. The fourth-order valence-electron chi connectivity index (χ4n) is 3.37. The highest BCUT2D eigenvalue weighted by atomic mass is 79.9. The van der Waals surface area contributed by atoms with Gasteiger partial charge in [-0.3, -0.25) is 24.0 Å². The molecule has 0 unspecified atom stereocenters. The van der Waals surface area contributed by atoms with Crippen LogP contribution < -0.4 is 16.6 Å². The molecule has 0 bridgehead atoms. The van der Waals surface area contributed by atoms with Crippen LogP contribution in [0.3, 0.4) is 0 Å². The molecule has 0 saturated carbocycles. The minimum atomic E-state index is -0.590. The van der Waals surface area contributed by atoms with Crippen molar-refractivity contribution < 1.29 is 4.79 Å². The predicted octanol–water partition coefficient (Wildman–Crippen LogP) is 1.64. The van der Waals surface area contributed by atoms with Crippen molar-refractivity contribution in [3.8, 4) is 0 Å². The first kappa shape index (κ1) is 20.5. The predicted molar refractivity (Wildman–Crippen MR) is 111 cm³/mol. The number of carbonyl (C=O) groups is 1. The minimum Gasteiger partial charge on any atom is -0.354 e. The number of aromatic nitrogens is 2. The lowest BCUT2D eigenvalue weighted by Crippen LogP contribution is -2.40. The van der Waals surface area contributed by atoms with Crippen LogP contribution in [0.1, 0.15) is 24.0 Å². The van der Waals surface area contributed by atoms with E-state index in [1.165, 1.54) is 21.9 Å². The highest BCUT2D eigenvalue weighted by molar-refractivity contribution is 9.10. The Kier molecular flexibility index (Phi) is 6.85. The average molecular weight is 449 g/mol. The first-order valence-electron chi connectivity index (χ1n) is 9.44. The Labute approximate surface area is 171 Å². The fourth-order valence-corrected chi connectivity index (χ4v) is 3.72. The van der Waals surface area contributed by atoms with Crippen LogP contribution >= 0.6 is 15.9 Å². The quantitative estimate of drug-likeness (QED) is 0.702. The van der Waals surface area contributed by atoms with Crippen molar-refractivity contribution in [2.75, 3.05) is 19.6 Å². The highest BCUT2D eigenvalue weighted by Gasteiger charge is 2.20. The van der Waals surface area contributed by atoms with Gasteiger partial charge >= 0.3 is 5.69 Å². The molecule has 7 nitrogen and oxygen atoms in total. The van der Waals surface area contributed by atoms with E-state index in [2.05, 4.69) is 62.3 Å². The Bertz CT molecular complexity index is 928. The second-order valence-electron chi connectivity index (χ2n) is 7.37. The molecule has 0 spiro atoms. The molecule has 1 saturated heterocycles. The third kappa shape index (κ3) is 5.65. The van der Waals surface area contributed by atoms with Gasteiger partial charge in [0.2, 0.25) is 5.91 Å². The van der Waals surface area contributed by atoms with Gasteiger partial charge in [0.1, 0.15) is 6.54 Å². The molecule has 1 amide bonds. The van der Waals surface area contributed by atoms with Crippen molar-refractivity contribution in [2.45, 2.75) is 32.9 Å². The molecule has 1 aromatic carbocycles. The van der Waals surface area contributed by atoms with Crippen LogP contribution in [-0.2, 0) is 17.9 Å². The number of piperidine rings is 1. The number of carbonyl (C=O) groups excluding carboxylic acids is 1. The first-order chi connectivity index (χ1) is 13.4. The SMILES string of the molecule is Cc1ccc(CN2CCC(CNC(=O)Cn3cc(Br)c(=O)[nH]c3=O)CC2)cc1. The van der Waals surface area contributed by atoms with Gasteiger partial charge in [-0.2, -0.15) is 0 Å². The van der Waals surface area contributed by atoms with E-state index in [1.54, 1.807) is 0 Å². The molecule has 2 N–H and O–H groups in total. The summed E-state index contributed by atoms with van der Waals surface area (Å²) in [5.74, 6) is 0.209. The summed E-state index contributed by atoms with van der Waals surface area (Å²) in [6.07, 6.45) is 3.41. The molecule has 1 aliphatic heterocycles. The van der Waals surface area contributed by atoms with Crippen molar-refractivity contribution in [1.82, 2.24) is 19.8 Å². The van der Waals surface area contributed by atoms with E-state index < -0.39 is 11.2 Å². The molecule has 8 heteroatoms. The van der Waals surface area contributed by atoms with Crippen LogP contribution in [0.4, 0.5) is 0 Å². The van der Waals surface area contributed by atoms with Crippen molar-refractivity contribution >= 4 is 21.8 Å². The van der Waals surface area contributed by atoms with Crippen LogP contribution in [0.15, 0.2) is 44.5 Å². The number of nitrogens with one attached hydrogen (secondary N) is 2. The van der Waals surface area contributed by atoms with Crippen LogP contribution in [0.25, 0.3) is 0 Å². The van der Waals surface area contributed by atoms with Crippen molar-refractivity contribution in [1.29, 1.82) is 0 Å². The fraction of sp³-hybridized carbons (Fsp3) is 0.450. The highest BCUT2D eigenvalue weighted by Crippen LogP contribution is 2.18. The monoisotopic (exact) mass is 448 g/mol. The van der Waals surface area contributed by atoms with Crippen LogP contribution in [0.2, 0.25) is 0 Å². The Morgan fingerprint density at radius 3 is 2.57 bits per heavy atom. The molecular formula is C20H25BrN4O3. The third-order valence-corrected chi connectivity index (χ3v) is 5.67. The topological polar surface area (TPSA) is 87.2 Å². The number of halogens is 1. The van der Waals surface area contributed by atoms with Crippen LogP contribution in [0.5, 0.6) is 0 Å². The number of hydrogen-bond acceptors (Lipinski definition) is 4. The zero-order valence-corrected chi connectivity index (χ0v) is 17.5. The van der Waals surface area contributed by atoms with Crippen LogP contribution in [0, 0.1) is 12.8 Å². The van der Waals surface area contributed by atoms with E-state index in [-0.39, 0.29) is 16.9 Å². The lowest BCUT2D eigenvalue weighted by molar-refractivity contribution is -0.122. The van der Waals surface area contributed by atoms with Gasteiger partial charge in [0.25, 0.3) is 5.56 Å². The second kappa shape index (κ2) is 9.34. The molecule has 0 aliphatic carbocycles. The van der Waals surface area contributed by atoms with E-state index in [9.17, 15) is 14.4 Å². The van der Waals surface area contributed by atoms with E-state index in [0.29, 0.717) is 12.5 Å². The van der Waals surface area contributed by atoms with E-state index >= 15 is 0 Å². The van der Waals surface area contributed by atoms with Crippen molar-refractivity contribution in [3.05, 3.63) is 66.9 Å². The molecule has 2 aromatic rings. The standard InChI is InChI=1S/C20H25BrN4O3/c1-14-2-4-16(5-3-14)11-24-8-6-15(7-9-24)10-22-18(26)13-25-12-17(21)19(27)23-20(25)28/h2-5,12,15H,6-11,13H2,1H3,(H,22,26)(H,23,27,28). The summed E-state index contributed by atoms with van der Waals surface area (Å²) in [7, 11) is 0. The lowest BCUT2D eigenvalue weighted by Gasteiger charge is -2.32. The maximum atomic E-state index is 12.1. The summed E-state index contributed by atoms with van der Waals surface area (Å²) < 4.78 is 1.41. The normalized spacial score (nSPS) is 15.5. The molecule has 1 aromatic heterocycles. The van der Waals surface area contributed by atoms with E-state index in [1.807, 2.05) is 0 Å². The molecule has 28 heavy (non-hydrogen) atoms. The average Bonchev–Trinajstić information content (AvgIpc) is 2.67. The zero-order chi connectivity index (χ0) is 20.1. The van der Waals surface area contributed by atoms with Crippen LogP contribution in [-0.4, -0.2) is 40.0 Å². The Morgan fingerprint density at radius 2 is 1.89 bits per heavy atom. The molecule has 0 radical (unpaired) electrons. The van der Waals surface area contributed by atoms with Gasteiger partial charge in [-0.15, -0.1) is 0 Å². The van der Waals surface area contributed by atoms with E-state index in [0.717, 1.165) is 32.5 Å². The number of likely N-dealkylation sites (tertiary alicyclic amines) is 1. The van der Waals surface area contributed by atoms with Gasteiger partial charge < -0.3 is 5.32 Å².